The van der Waals surface area contributed by atoms with Crippen LogP contribution in [0.15, 0.2) is 54.6 Å². The molecule has 0 saturated carbocycles. The zero-order chi connectivity index (χ0) is 14.8. The standard InChI is InChI=1S/C19H25NO/c1-2-20-18-12-14-19(15-13-18)21-16-8-4-7-11-17-9-5-3-6-10-17/h3,5-6,9-10,12-15,20H,2,4,7-8,11,16H2,1H3. The molecule has 2 aromatic carbocycles. The summed E-state index contributed by atoms with van der Waals surface area (Å²) in [6.07, 6.45) is 4.72. The average molecular weight is 283 g/mol. The lowest BCUT2D eigenvalue weighted by molar-refractivity contribution is 0.305. The van der Waals surface area contributed by atoms with Crippen molar-refractivity contribution in [2.24, 2.45) is 0 Å². The summed E-state index contributed by atoms with van der Waals surface area (Å²) < 4.78 is 5.76. The third-order valence-electron chi connectivity index (χ3n) is 3.46. The van der Waals surface area contributed by atoms with Crippen molar-refractivity contribution in [3.63, 3.8) is 0 Å². The number of hydrogen-bond donors (Lipinski definition) is 1. The molecule has 0 aliphatic carbocycles. The van der Waals surface area contributed by atoms with E-state index in [1.165, 1.54) is 18.4 Å². The van der Waals surface area contributed by atoms with Gasteiger partial charge >= 0.3 is 0 Å². The van der Waals surface area contributed by atoms with Crippen LogP contribution in [0.25, 0.3) is 0 Å². The van der Waals surface area contributed by atoms with Gasteiger partial charge < -0.3 is 10.1 Å². The molecular formula is C19H25NO. The Bertz CT molecular complexity index is 493. The molecule has 0 bridgehead atoms. The molecule has 1 N–H and O–H groups in total. The van der Waals surface area contributed by atoms with Gasteiger partial charge in [0.15, 0.2) is 0 Å². The molecule has 2 nitrogen and oxygen atoms in total. The smallest absolute Gasteiger partial charge is 0.119 e. The molecule has 0 aliphatic rings. The largest absolute Gasteiger partial charge is 0.494 e. The van der Waals surface area contributed by atoms with Gasteiger partial charge in [0.2, 0.25) is 0 Å². The van der Waals surface area contributed by atoms with Crippen molar-refractivity contribution >= 4 is 5.69 Å². The summed E-state index contributed by atoms with van der Waals surface area (Å²) in [6, 6.07) is 18.9. The second-order valence-electron chi connectivity index (χ2n) is 5.20. The fourth-order valence-corrected chi connectivity index (χ4v) is 2.32. The van der Waals surface area contributed by atoms with E-state index in [0.717, 1.165) is 37.4 Å². The van der Waals surface area contributed by atoms with Crippen molar-refractivity contribution in [1.29, 1.82) is 0 Å². The van der Waals surface area contributed by atoms with E-state index in [9.17, 15) is 0 Å². The zero-order valence-electron chi connectivity index (χ0n) is 12.8. The number of anilines is 1. The lowest BCUT2D eigenvalue weighted by Crippen LogP contribution is -1.99. The van der Waals surface area contributed by atoms with E-state index >= 15 is 0 Å². The molecule has 0 spiro atoms. The Balaban J connectivity index is 1.57. The maximum Gasteiger partial charge on any atom is 0.119 e. The van der Waals surface area contributed by atoms with E-state index in [0.29, 0.717) is 0 Å². The maximum atomic E-state index is 5.76. The van der Waals surface area contributed by atoms with Gasteiger partial charge in [0, 0.05) is 12.2 Å². The van der Waals surface area contributed by atoms with Crippen LogP contribution in [0.2, 0.25) is 0 Å². The summed E-state index contributed by atoms with van der Waals surface area (Å²) in [5, 5.41) is 3.28. The van der Waals surface area contributed by atoms with Gasteiger partial charge in [-0.05, 0) is 62.4 Å². The van der Waals surface area contributed by atoms with Gasteiger partial charge in [0.05, 0.1) is 6.61 Å². The second kappa shape index (κ2) is 9.06. The van der Waals surface area contributed by atoms with Crippen LogP contribution in [0.3, 0.4) is 0 Å². The minimum absolute atomic E-state index is 0.801. The number of hydrogen-bond acceptors (Lipinski definition) is 2. The summed E-state index contributed by atoms with van der Waals surface area (Å²) in [5.41, 5.74) is 2.57. The van der Waals surface area contributed by atoms with E-state index in [1.807, 2.05) is 12.1 Å². The van der Waals surface area contributed by atoms with E-state index in [2.05, 4.69) is 54.7 Å². The topological polar surface area (TPSA) is 21.3 Å². The van der Waals surface area contributed by atoms with Crippen LogP contribution in [0.4, 0.5) is 5.69 Å². The van der Waals surface area contributed by atoms with E-state index in [4.69, 9.17) is 4.74 Å². The quantitative estimate of drug-likeness (QED) is 0.660. The molecule has 2 heteroatoms. The normalized spacial score (nSPS) is 10.3. The molecule has 112 valence electrons. The van der Waals surface area contributed by atoms with Crippen molar-refractivity contribution in [1.82, 2.24) is 0 Å². The molecule has 0 aliphatic heterocycles. The molecule has 0 heterocycles. The third kappa shape index (κ3) is 5.90. The molecule has 0 aromatic heterocycles. The van der Waals surface area contributed by atoms with Gasteiger partial charge in [0.1, 0.15) is 5.75 Å². The highest BCUT2D eigenvalue weighted by atomic mass is 16.5. The SMILES string of the molecule is CCNc1ccc(OCCCCCc2ccccc2)cc1. The highest BCUT2D eigenvalue weighted by molar-refractivity contribution is 5.46. The van der Waals surface area contributed by atoms with Crippen molar-refractivity contribution in [3.05, 3.63) is 60.2 Å². The molecule has 0 fully saturated rings. The van der Waals surface area contributed by atoms with Gasteiger partial charge in [-0.25, -0.2) is 0 Å². The Morgan fingerprint density at radius 1 is 0.857 bits per heavy atom. The Labute approximate surface area is 128 Å². The van der Waals surface area contributed by atoms with Crippen molar-refractivity contribution in [2.45, 2.75) is 32.6 Å². The molecule has 0 atom stereocenters. The number of aryl methyl sites for hydroxylation is 1. The second-order valence-corrected chi connectivity index (χ2v) is 5.20. The molecular weight excluding hydrogens is 258 g/mol. The van der Waals surface area contributed by atoms with Crippen LogP contribution in [-0.2, 0) is 6.42 Å². The predicted octanol–water partition coefficient (Wildman–Crippen LogP) is 4.91. The van der Waals surface area contributed by atoms with Crippen LogP contribution in [0.1, 0.15) is 31.7 Å². The van der Waals surface area contributed by atoms with Gasteiger partial charge in [-0.3, -0.25) is 0 Å². The van der Waals surface area contributed by atoms with Crippen molar-refractivity contribution < 1.29 is 4.74 Å². The van der Waals surface area contributed by atoms with Gasteiger partial charge in [-0.2, -0.15) is 0 Å². The van der Waals surface area contributed by atoms with E-state index < -0.39 is 0 Å². The first-order valence-electron chi connectivity index (χ1n) is 7.89. The maximum absolute atomic E-state index is 5.76. The molecule has 0 unspecified atom stereocenters. The Morgan fingerprint density at radius 3 is 2.33 bits per heavy atom. The van der Waals surface area contributed by atoms with Crippen LogP contribution in [-0.4, -0.2) is 13.2 Å². The molecule has 0 saturated heterocycles. The summed E-state index contributed by atoms with van der Waals surface area (Å²) in [4.78, 5) is 0. The molecule has 0 radical (unpaired) electrons. The molecule has 2 rings (SSSR count). The number of ether oxygens (including phenoxy) is 1. The summed E-state index contributed by atoms with van der Waals surface area (Å²) in [7, 11) is 0. The van der Waals surface area contributed by atoms with Gasteiger partial charge in [-0.1, -0.05) is 30.3 Å². The van der Waals surface area contributed by atoms with E-state index in [-0.39, 0.29) is 0 Å². The fourth-order valence-electron chi connectivity index (χ4n) is 2.32. The lowest BCUT2D eigenvalue weighted by atomic mass is 10.1. The first kappa shape index (κ1) is 15.4. The Kier molecular flexibility index (Phi) is 6.66. The van der Waals surface area contributed by atoms with Gasteiger partial charge in [-0.15, -0.1) is 0 Å². The minimum Gasteiger partial charge on any atom is -0.494 e. The first-order valence-corrected chi connectivity index (χ1v) is 7.89. The average Bonchev–Trinajstić information content (AvgIpc) is 2.53. The van der Waals surface area contributed by atoms with Crippen LogP contribution in [0.5, 0.6) is 5.75 Å². The zero-order valence-corrected chi connectivity index (χ0v) is 12.8. The minimum atomic E-state index is 0.801. The van der Waals surface area contributed by atoms with Gasteiger partial charge in [0.25, 0.3) is 0 Å². The number of rotatable bonds is 9. The summed E-state index contributed by atoms with van der Waals surface area (Å²) in [6.45, 7) is 3.84. The Morgan fingerprint density at radius 2 is 1.62 bits per heavy atom. The number of unbranched alkanes of at least 4 members (excludes halogenated alkanes) is 2. The highest BCUT2D eigenvalue weighted by Gasteiger charge is 1.96. The summed E-state index contributed by atoms with van der Waals surface area (Å²) >= 11 is 0. The van der Waals surface area contributed by atoms with Crippen LogP contribution in [0, 0.1) is 0 Å². The Hall–Kier alpha value is -1.96. The predicted molar refractivity (Wildman–Crippen MR) is 90.1 cm³/mol. The lowest BCUT2D eigenvalue weighted by Gasteiger charge is -2.08. The number of nitrogens with one attached hydrogen (secondary N) is 1. The van der Waals surface area contributed by atoms with E-state index in [1.54, 1.807) is 0 Å². The van der Waals surface area contributed by atoms with Crippen LogP contribution < -0.4 is 10.1 Å². The number of benzene rings is 2. The van der Waals surface area contributed by atoms with Crippen LogP contribution >= 0.6 is 0 Å². The molecule has 21 heavy (non-hydrogen) atoms. The molecule has 0 amide bonds. The fraction of sp³-hybridized carbons (Fsp3) is 0.368. The van der Waals surface area contributed by atoms with Crippen molar-refractivity contribution in [3.8, 4) is 5.75 Å². The highest BCUT2D eigenvalue weighted by Crippen LogP contribution is 2.16. The molecule has 2 aromatic rings. The summed E-state index contributed by atoms with van der Waals surface area (Å²) in [5.74, 6) is 0.958. The third-order valence-corrected chi connectivity index (χ3v) is 3.46. The first-order chi connectivity index (χ1) is 10.4. The monoisotopic (exact) mass is 283 g/mol. The van der Waals surface area contributed by atoms with Crippen molar-refractivity contribution in [2.75, 3.05) is 18.5 Å².